The van der Waals surface area contributed by atoms with Crippen molar-refractivity contribution in [3.05, 3.63) is 70.7 Å². The van der Waals surface area contributed by atoms with Gasteiger partial charge in [0.05, 0.1) is 6.04 Å². The molecule has 1 amide bonds. The molecular weight excluding hydrogens is 383 g/mol. The summed E-state index contributed by atoms with van der Waals surface area (Å²) < 4.78 is 5.52. The second-order valence-electron chi connectivity index (χ2n) is 6.73. The van der Waals surface area contributed by atoms with Crippen LogP contribution in [0.2, 0.25) is 5.02 Å². The van der Waals surface area contributed by atoms with Gasteiger partial charge in [-0.25, -0.2) is 4.79 Å². The molecule has 1 heterocycles. The van der Waals surface area contributed by atoms with E-state index in [-0.39, 0.29) is 31.1 Å². The molecule has 146 valence electrons. The number of carbonyl (C=O) groups is 1. The maximum absolute atomic E-state index is 12.6. The molecule has 0 aliphatic carbocycles. The van der Waals surface area contributed by atoms with E-state index < -0.39 is 0 Å². The van der Waals surface area contributed by atoms with Gasteiger partial charge in [-0.15, -0.1) is 12.4 Å². The van der Waals surface area contributed by atoms with Crippen LogP contribution in [0.15, 0.2) is 54.6 Å². The van der Waals surface area contributed by atoms with Crippen molar-refractivity contribution in [2.24, 2.45) is 0 Å². The Kier molecular flexibility index (Phi) is 8.42. The fourth-order valence-corrected chi connectivity index (χ4v) is 3.42. The van der Waals surface area contributed by atoms with E-state index in [4.69, 9.17) is 16.3 Å². The zero-order valence-corrected chi connectivity index (χ0v) is 17.1. The van der Waals surface area contributed by atoms with Gasteiger partial charge in [-0.1, -0.05) is 54.1 Å². The number of nitrogens with zero attached hydrogens (tertiary/aromatic N) is 2. The predicted octanol–water partition coefficient (Wildman–Crippen LogP) is 5.17. The van der Waals surface area contributed by atoms with Gasteiger partial charge in [0.15, 0.2) is 0 Å². The number of likely N-dealkylation sites (N-methyl/N-ethyl adjacent to an activating group) is 1. The number of rotatable bonds is 6. The van der Waals surface area contributed by atoms with Gasteiger partial charge < -0.3 is 14.5 Å². The van der Waals surface area contributed by atoms with Gasteiger partial charge in [-0.2, -0.15) is 0 Å². The smallest absolute Gasteiger partial charge is 0.410 e. The van der Waals surface area contributed by atoms with Crippen LogP contribution in [-0.2, 0) is 11.3 Å². The van der Waals surface area contributed by atoms with Gasteiger partial charge in [-0.3, -0.25) is 0 Å². The van der Waals surface area contributed by atoms with Gasteiger partial charge in [0.1, 0.15) is 6.61 Å². The van der Waals surface area contributed by atoms with E-state index in [1.165, 1.54) is 12.8 Å². The van der Waals surface area contributed by atoms with E-state index in [1.54, 1.807) is 4.90 Å². The van der Waals surface area contributed by atoms with E-state index >= 15 is 0 Å². The number of carbonyl (C=O) groups excluding carboxylic acids is 1. The van der Waals surface area contributed by atoms with E-state index in [1.807, 2.05) is 61.6 Å². The minimum absolute atomic E-state index is 0. The summed E-state index contributed by atoms with van der Waals surface area (Å²) in [4.78, 5) is 16.7. The molecule has 1 aliphatic rings. The standard InChI is InChI=1S/C21H25ClN2O2.ClH/c1-23(21(25)26-16-17-7-3-2-4-8-17)20(15-24-13-5-6-14-24)18-9-11-19(22)12-10-18;/h2-4,7-12,20H,5-6,13-16H2,1H3;1H. The van der Waals surface area contributed by atoms with E-state index in [0.717, 1.165) is 30.8 Å². The van der Waals surface area contributed by atoms with Gasteiger partial charge >= 0.3 is 6.09 Å². The first-order valence-corrected chi connectivity index (χ1v) is 9.42. The third-order valence-electron chi connectivity index (χ3n) is 4.85. The molecule has 0 saturated carbocycles. The minimum atomic E-state index is -0.312. The highest BCUT2D eigenvalue weighted by Crippen LogP contribution is 2.25. The summed E-state index contributed by atoms with van der Waals surface area (Å²) in [5.41, 5.74) is 2.05. The van der Waals surface area contributed by atoms with Crippen LogP contribution in [0.3, 0.4) is 0 Å². The number of benzene rings is 2. The lowest BCUT2D eigenvalue weighted by Gasteiger charge is -2.31. The highest BCUT2D eigenvalue weighted by molar-refractivity contribution is 6.30. The van der Waals surface area contributed by atoms with E-state index in [0.29, 0.717) is 5.02 Å². The molecule has 1 atom stereocenters. The largest absolute Gasteiger partial charge is 0.445 e. The Morgan fingerprint density at radius 3 is 2.37 bits per heavy atom. The molecule has 2 aromatic rings. The van der Waals surface area contributed by atoms with Crippen LogP contribution >= 0.6 is 24.0 Å². The molecule has 0 N–H and O–H groups in total. The highest BCUT2D eigenvalue weighted by atomic mass is 35.5. The zero-order valence-electron chi connectivity index (χ0n) is 15.5. The van der Waals surface area contributed by atoms with Crippen molar-refractivity contribution in [1.82, 2.24) is 9.80 Å². The summed E-state index contributed by atoms with van der Waals surface area (Å²) in [7, 11) is 1.81. The van der Waals surface area contributed by atoms with Crippen molar-refractivity contribution in [2.75, 3.05) is 26.7 Å². The maximum Gasteiger partial charge on any atom is 0.410 e. The molecule has 0 aromatic heterocycles. The molecule has 4 nitrogen and oxygen atoms in total. The lowest BCUT2D eigenvalue weighted by molar-refractivity contribution is 0.0834. The van der Waals surface area contributed by atoms with Gasteiger partial charge in [0.2, 0.25) is 0 Å². The molecule has 1 unspecified atom stereocenters. The van der Waals surface area contributed by atoms with Crippen LogP contribution in [-0.4, -0.2) is 42.6 Å². The number of likely N-dealkylation sites (tertiary alicyclic amines) is 1. The normalized spacial score (nSPS) is 15.0. The van der Waals surface area contributed by atoms with Gasteiger partial charge in [-0.05, 0) is 49.2 Å². The second kappa shape index (κ2) is 10.5. The monoisotopic (exact) mass is 408 g/mol. The van der Waals surface area contributed by atoms with Gasteiger partial charge in [0.25, 0.3) is 0 Å². The number of ether oxygens (including phenoxy) is 1. The zero-order chi connectivity index (χ0) is 18.4. The molecule has 3 rings (SSSR count). The summed E-state index contributed by atoms with van der Waals surface area (Å²) >= 11 is 6.03. The quantitative estimate of drug-likeness (QED) is 0.660. The molecule has 0 spiro atoms. The van der Waals surface area contributed by atoms with Crippen molar-refractivity contribution in [3.63, 3.8) is 0 Å². The summed E-state index contributed by atoms with van der Waals surface area (Å²) in [6.45, 7) is 3.24. The molecular formula is C21H26Cl2N2O2. The molecule has 0 bridgehead atoms. The Hall–Kier alpha value is -1.75. The third-order valence-corrected chi connectivity index (χ3v) is 5.10. The SMILES string of the molecule is CN(C(=O)OCc1ccccc1)C(CN1CCCC1)c1ccc(Cl)cc1.Cl. The van der Waals surface area contributed by atoms with Crippen molar-refractivity contribution in [3.8, 4) is 0 Å². The summed E-state index contributed by atoms with van der Waals surface area (Å²) in [6.07, 6.45) is 2.12. The maximum atomic E-state index is 12.6. The lowest BCUT2D eigenvalue weighted by atomic mass is 10.1. The van der Waals surface area contributed by atoms with Crippen LogP contribution in [0, 0.1) is 0 Å². The van der Waals surface area contributed by atoms with E-state index in [9.17, 15) is 4.79 Å². The predicted molar refractivity (Wildman–Crippen MR) is 112 cm³/mol. The lowest BCUT2D eigenvalue weighted by Crippen LogP contribution is -2.38. The number of hydrogen-bond acceptors (Lipinski definition) is 3. The molecule has 6 heteroatoms. The second-order valence-corrected chi connectivity index (χ2v) is 7.16. The van der Waals surface area contributed by atoms with Crippen LogP contribution in [0.4, 0.5) is 4.79 Å². The highest BCUT2D eigenvalue weighted by Gasteiger charge is 2.26. The molecule has 0 radical (unpaired) electrons. The molecule has 1 fully saturated rings. The van der Waals surface area contributed by atoms with Crippen molar-refractivity contribution in [2.45, 2.75) is 25.5 Å². The molecule has 27 heavy (non-hydrogen) atoms. The summed E-state index contributed by atoms with van der Waals surface area (Å²) in [5, 5.41) is 0.697. The number of hydrogen-bond donors (Lipinski definition) is 0. The molecule has 1 aliphatic heterocycles. The average Bonchev–Trinajstić information content (AvgIpc) is 3.18. The van der Waals surface area contributed by atoms with Crippen molar-refractivity contribution in [1.29, 1.82) is 0 Å². The van der Waals surface area contributed by atoms with Crippen molar-refractivity contribution >= 4 is 30.1 Å². The Bertz CT molecular complexity index is 704. The van der Waals surface area contributed by atoms with Crippen molar-refractivity contribution < 1.29 is 9.53 Å². The van der Waals surface area contributed by atoms with Crippen LogP contribution in [0.1, 0.15) is 30.0 Å². The molecule has 2 aromatic carbocycles. The topological polar surface area (TPSA) is 32.8 Å². The first-order chi connectivity index (χ1) is 12.6. The van der Waals surface area contributed by atoms with Crippen LogP contribution in [0.5, 0.6) is 0 Å². The van der Waals surface area contributed by atoms with Crippen LogP contribution < -0.4 is 0 Å². The Balaban J connectivity index is 0.00000261. The Morgan fingerprint density at radius 1 is 1.11 bits per heavy atom. The minimum Gasteiger partial charge on any atom is -0.445 e. The summed E-state index contributed by atoms with van der Waals surface area (Å²) in [5.74, 6) is 0. The molecule has 1 saturated heterocycles. The fraction of sp³-hybridized carbons (Fsp3) is 0.381. The van der Waals surface area contributed by atoms with E-state index in [2.05, 4.69) is 4.90 Å². The summed E-state index contributed by atoms with van der Waals surface area (Å²) in [6, 6.07) is 17.4. The van der Waals surface area contributed by atoms with Gasteiger partial charge in [0, 0.05) is 18.6 Å². The average molecular weight is 409 g/mol. The first kappa shape index (κ1) is 21.5. The third kappa shape index (κ3) is 6.13. The first-order valence-electron chi connectivity index (χ1n) is 9.05. The Labute approximate surface area is 172 Å². The number of amides is 1. The Morgan fingerprint density at radius 2 is 1.74 bits per heavy atom. The fourth-order valence-electron chi connectivity index (χ4n) is 3.29. The van der Waals surface area contributed by atoms with Crippen LogP contribution in [0.25, 0.3) is 0 Å². The number of halogens is 2.